The van der Waals surface area contributed by atoms with Gasteiger partial charge in [-0.25, -0.2) is 4.98 Å². The van der Waals surface area contributed by atoms with Crippen molar-refractivity contribution in [3.63, 3.8) is 0 Å². The number of para-hydroxylation sites is 1. The van der Waals surface area contributed by atoms with Gasteiger partial charge in [0.15, 0.2) is 17.0 Å². The van der Waals surface area contributed by atoms with Crippen LogP contribution in [0.4, 0.5) is 17.5 Å². The molecule has 2 fully saturated rings. The molecule has 0 saturated carbocycles. The first-order chi connectivity index (χ1) is 18.7. The third-order valence-corrected chi connectivity index (χ3v) is 7.45. The quantitative estimate of drug-likeness (QED) is 0.348. The van der Waals surface area contributed by atoms with Crippen LogP contribution in [0.2, 0.25) is 0 Å². The molecule has 2 saturated heterocycles. The molecule has 9 nitrogen and oxygen atoms in total. The lowest BCUT2D eigenvalue weighted by molar-refractivity contribution is -0.127. The molecule has 0 spiro atoms. The fourth-order valence-electron chi connectivity index (χ4n) is 5.35. The summed E-state index contributed by atoms with van der Waals surface area (Å²) in [5.74, 6) is 1.52. The number of carbonyl (C=O) groups is 1. The first-order valence-electron chi connectivity index (χ1n) is 13.6. The molecule has 6 rings (SSSR count). The van der Waals surface area contributed by atoms with Gasteiger partial charge < -0.3 is 20.1 Å². The summed E-state index contributed by atoms with van der Waals surface area (Å²) in [6.07, 6.45) is 5.49. The number of anilines is 3. The van der Waals surface area contributed by atoms with Crippen molar-refractivity contribution in [1.29, 1.82) is 0 Å². The SMILES string of the molecule is O=C1CCCN1CCn1cnc2c(NC3CCN(Cc4ccccc4)CC3)nc(Nc3ccccc3)nc21. The zero-order valence-electron chi connectivity index (χ0n) is 21.6. The van der Waals surface area contributed by atoms with E-state index in [2.05, 4.69) is 45.9 Å². The number of likely N-dealkylation sites (tertiary alicyclic amines) is 2. The summed E-state index contributed by atoms with van der Waals surface area (Å²) in [5.41, 5.74) is 3.83. The topological polar surface area (TPSA) is 91.2 Å². The van der Waals surface area contributed by atoms with Gasteiger partial charge in [-0.05, 0) is 37.0 Å². The molecule has 38 heavy (non-hydrogen) atoms. The van der Waals surface area contributed by atoms with Gasteiger partial charge in [-0.2, -0.15) is 9.97 Å². The van der Waals surface area contributed by atoms with E-state index in [-0.39, 0.29) is 5.91 Å². The average Bonchev–Trinajstić information content (AvgIpc) is 3.55. The Hall–Kier alpha value is -3.98. The standard InChI is InChI=1S/C29H34N8O/c38-25-12-7-15-36(25)18-19-37-21-30-26-27(33-29(34-28(26)37)32-23-10-5-2-6-11-23)31-24-13-16-35(17-14-24)20-22-8-3-1-4-9-22/h1-6,8-11,21,24H,7,12-20H2,(H2,31,32,33,34). The molecule has 1 amide bonds. The first-order valence-corrected chi connectivity index (χ1v) is 13.6. The van der Waals surface area contributed by atoms with E-state index in [9.17, 15) is 4.79 Å². The van der Waals surface area contributed by atoms with Crippen LogP contribution in [0.5, 0.6) is 0 Å². The molecule has 0 unspecified atom stereocenters. The Morgan fingerprint density at radius 3 is 2.39 bits per heavy atom. The van der Waals surface area contributed by atoms with Crippen LogP contribution in [-0.2, 0) is 17.9 Å². The van der Waals surface area contributed by atoms with Crippen LogP contribution < -0.4 is 10.6 Å². The number of benzene rings is 2. The van der Waals surface area contributed by atoms with E-state index < -0.39 is 0 Å². The lowest BCUT2D eigenvalue weighted by atomic mass is 10.0. The highest BCUT2D eigenvalue weighted by atomic mass is 16.2. The Kier molecular flexibility index (Phi) is 7.17. The molecule has 4 heterocycles. The van der Waals surface area contributed by atoms with E-state index in [1.54, 1.807) is 0 Å². The van der Waals surface area contributed by atoms with E-state index in [1.807, 2.05) is 46.1 Å². The van der Waals surface area contributed by atoms with Gasteiger partial charge in [-0.1, -0.05) is 48.5 Å². The minimum absolute atomic E-state index is 0.233. The van der Waals surface area contributed by atoms with Crippen LogP contribution in [0.25, 0.3) is 11.2 Å². The van der Waals surface area contributed by atoms with E-state index in [0.29, 0.717) is 31.5 Å². The van der Waals surface area contributed by atoms with Crippen LogP contribution >= 0.6 is 0 Å². The lowest BCUT2D eigenvalue weighted by Gasteiger charge is -2.32. The Morgan fingerprint density at radius 1 is 0.895 bits per heavy atom. The van der Waals surface area contributed by atoms with E-state index in [4.69, 9.17) is 15.0 Å². The minimum Gasteiger partial charge on any atom is -0.365 e. The number of hydrogen-bond acceptors (Lipinski definition) is 7. The Morgan fingerprint density at radius 2 is 1.66 bits per heavy atom. The lowest BCUT2D eigenvalue weighted by Crippen LogP contribution is -2.38. The van der Waals surface area contributed by atoms with Crippen molar-refractivity contribution in [2.24, 2.45) is 0 Å². The van der Waals surface area contributed by atoms with Crippen LogP contribution in [0.3, 0.4) is 0 Å². The summed E-state index contributed by atoms with van der Waals surface area (Å²) in [7, 11) is 0. The summed E-state index contributed by atoms with van der Waals surface area (Å²) in [4.78, 5) is 30.9. The van der Waals surface area contributed by atoms with Crippen LogP contribution in [0.1, 0.15) is 31.2 Å². The molecule has 196 valence electrons. The van der Waals surface area contributed by atoms with Gasteiger partial charge in [-0.15, -0.1) is 0 Å². The maximum absolute atomic E-state index is 12.1. The Labute approximate surface area is 222 Å². The number of imidazole rings is 1. The highest BCUT2D eigenvalue weighted by Crippen LogP contribution is 2.26. The third kappa shape index (κ3) is 5.62. The van der Waals surface area contributed by atoms with Crippen molar-refractivity contribution in [1.82, 2.24) is 29.3 Å². The summed E-state index contributed by atoms with van der Waals surface area (Å²) in [5, 5.41) is 7.05. The number of rotatable bonds is 9. The summed E-state index contributed by atoms with van der Waals surface area (Å²) >= 11 is 0. The molecule has 2 aliphatic heterocycles. The second kappa shape index (κ2) is 11.2. The van der Waals surface area contributed by atoms with Crippen molar-refractivity contribution >= 4 is 34.5 Å². The van der Waals surface area contributed by atoms with Crippen molar-refractivity contribution < 1.29 is 4.79 Å². The number of amides is 1. The van der Waals surface area contributed by atoms with Gasteiger partial charge in [0.25, 0.3) is 0 Å². The largest absolute Gasteiger partial charge is 0.365 e. The van der Waals surface area contributed by atoms with Gasteiger partial charge >= 0.3 is 0 Å². The molecule has 0 aliphatic carbocycles. The predicted molar refractivity (Wildman–Crippen MR) is 149 cm³/mol. The molecule has 2 aromatic carbocycles. The molecular weight excluding hydrogens is 476 g/mol. The van der Waals surface area contributed by atoms with Gasteiger partial charge in [0, 0.05) is 57.4 Å². The second-order valence-corrected chi connectivity index (χ2v) is 10.2. The van der Waals surface area contributed by atoms with Crippen LogP contribution in [0.15, 0.2) is 67.0 Å². The summed E-state index contributed by atoms with van der Waals surface area (Å²) in [6, 6.07) is 20.9. The number of hydrogen-bond donors (Lipinski definition) is 2. The van der Waals surface area contributed by atoms with Crippen molar-refractivity contribution in [2.45, 2.75) is 44.8 Å². The van der Waals surface area contributed by atoms with Crippen molar-refractivity contribution in [2.75, 3.05) is 36.8 Å². The maximum atomic E-state index is 12.1. The van der Waals surface area contributed by atoms with Crippen molar-refractivity contribution in [3.8, 4) is 0 Å². The second-order valence-electron chi connectivity index (χ2n) is 10.2. The fourth-order valence-corrected chi connectivity index (χ4v) is 5.35. The number of carbonyl (C=O) groups excluding carboxylic acids is 1. The van der Waals surface area contributed by atoms with E-state index in [0.717, 1.165) is 68.1 Å². The molecule has 2 aromatic heterocycles. The normalized spacial score (nSPS) is 16.8. The molecule has 0 radical (unpaired) electrons. The van der Waals surface area contributed by atoms with Crippen molar-refractivity contribution in [3.05, 3.63) is 72.6 Å². The van der Waals surface area contributed by atoms with Gasteiger partial charge in [0.05, 0.1) is 6.33 Å². The van der Waals surface area contributed by atoms with E-state index >= 15 is 0 Å². The number of aromatic nitrogens is 4. The van der Waals surface area contributed by atoms with Crippen LogP contribution in [-0.4, -0.2) is 67.4 Å². The number of piperidine rings is 1. The van der Waals surface area contributed by atoms with E-state index in [1.165, 1.54) is 5.56 Å². The third-order valence-electron chi connectivity index (χ3n) is 7.45. The average molecular weight is 511 g/mol. The zero-order chi connectivity index (χ0) is 25.7. The van der Waals surface area contributed by atoms with Gasteiger partial charge in [0.1, 0.15) is 0 Å². The Bertz CT molecular complexity index is 1370. The number of fused-ring (bicyclic) bond motifs is 1. The first kappa shape index (κ1) is 24.4. The highest BCUT2D eigenvalue weighted by molar-refractivity contribution is 5.85. The number of nitrogens with one attached hydrogen (secondary N) is 2. The molecule has 2 N–H and O–H groups in total. The summed E-state index contributed by atoms with van der Waals surface area (Å²) in [6.45, 7) is 5.21. The Balaban J connectivity index is 1.19. The number of nitrogens with zero attached hydrogens (tertiary/aromatic N) is 6. The van der Waals surface area contributed by atoms with Gasteiger partial charge in [0.2, 0.25) is 11.9 Å². The molecule has 0 atom stereocenters. The fraction of sp³-hybridized carbons (Fsp3) is 0.379. The smallest absolute Gasteiger partial charge is 0.231 e. The zero-order valence-corrected chi connectivity index (χ0v) is 21.6. The summed E-state index contributed by atoms with van der Waals surface area (Å²) < 4.78 is 2.03. The molecule has 2 aliphatic rings. The van der Waals surface area contributed by atoms with Crippen LogP contribution in [0, 0.1) is 0 Å². The maximum Gasteiger partial charge on any atom is 0.231 e. The molecule has 0 bridgehead atoms. The highest BCUT2D eigenvalue weighted by Gasteiger charge is 2.23. The monoisotopic (exact) mass is 510 g/mol. The predicted octanol–water partition coefficient (Wildman–Crippen LogP) is 4.27. The minimum atomic E-state index is 0.233. The molecule has 9 heteroatoms. The molecule has 4 aromatic rings. The molecular formula is C29H34N8O. The van der Waals surface area contributed by atoms with Gasteiger partial charge in [-0.3, -0.25) is 9.69 Å².